The Hall–Kier alpha value is -1.01. The van der Waals surface area contributed by atoms with Crippen molar-refractivity contribution < 1.29 is 5.11 Å². The van der Waals surface area contributed by atoms with Gasteiger partial charge >= 0.3 is 0 Å². The first-order valence-corrected chi connectivity index (χ1v) is 8.14. The quantitative estimate of drug-likeness (QED) is 0.935. The molecule has 0 atom stereocenters. The summed E-state index contributed by atoms with van der Waals surface area (Å²) in [6.45, 7) is 0.643. The van der Waals surface area contributed by atoms with Gasteiger partial charge in [-0.25, -0.2) is 4.98 Å². The summed E-state index contributed by atoms with van der Waals surface area (Å²) in [7, 11) is 0. The van der Waals surface area contributed by atoms with Gasteiger partial charge in [-0.15, -0.1) is 11.3 Å². The molecule has 1 N–H and O–H groups in total. The van der Waals surface area contributed by atoms with E-state index in [4.69, 9.17) is 0 Å². The van der Waals surface area contributed by atoms with Crippen LogP contribution < -0.4 is 5.56 Å². The zero-order chi connectivity index (χ0) is 12.7. The van der Waals surface area contributed by atoms with Gasteiger partial charge in [0.05, 0.1) is 5.01 Å². The van der Waals surface area contributed by atoms with Crippen LogP contribution in [0.4, 0.5) is 0 Å². The highest BCUT2D eigenvalue weighted by atomic mass is 32.2. The van der Waals surface area contributed by atoms with E-state index >= 15 is 0 Å². The molecule has 4 nitrogen and oxygen atoms in total. The fourth-order valence-electron chi connectivity index (χ4n) is 1.95. The summed E-state index contributed by atoms with van der Waals surface area (Å²) in [6.07, 6.45) is 4.37. The Bertz CT molecular complexity index is 643. The van der Waals surface area contributed by atoms with Crippen LogP contribution in [0, 0.1) is 0 Å². The highest BCUT2D eigenvalue weighted by Crippen LogP contribution is 2.44. The van der Waals surface area contributed by atoms with Crippen molar-refractivity contribution in [2.75, 3.05) is 12.0 Å². The summed E-state index contributed by atoms with van der Waals surface area (Å²) in [5, 5.41) is 10.9. The number of aromatic nitrogens is 2. The van der Waals surface area contributed by atoms with Crippen LogP contribution in [0.3, 0.4) is 0 Å². The van der Waals surface area contributed by atoms with Crippen LogP contribution in [-0.2, 0) is 6.54 Å². The number of rotatable bonds is 4. The molecule has 1 fully saturated rings. The first-order chi connectivity index (χ1) is 8.70. The third-order valence-electron chi connectivity index (χ3n) is 3.09. The van der Waals surface area contributed by atoms with Crippen LogP contribution in [0.1, 0.15) is 23.8 Å². The molecule has 0 aromatic carbocycles. The summed E-state index contributed by atoms with van der Waals surface area (Å²) < 4.78 is 2.42. The Morgan fingerprint density at radius 3 is 3.06 bits per heavy atom. The largest absolute Gasteiger partial charge is 0.506 e. The fourth-order valence-corrected chi connectivity index (χ4v) is 3.47. The Balaban J connectivity index is 2.16. The van der Waals surface area contributed by atoms with Gasteiger partial charge < -0.3 is 5.11 Å². The van der Waals surface area contributed by atoms with E-state index in [0.29, 0.717) is 18.1 Å². The average molecular weight is 282 g/mol. The molecule has 0 spiro atoms. The van der Waals surface area contributed by atoms with Crippen molar-refractivity contribution in [3.05, 3.63) is 21.4 Å². The summed E-state index contributed by atoms with van der Waals surface area (Å²) in [6, 6.07) is 1.30. The van der Waals surface area contributed by atoms with Crippen molar-refractivity contribution in [3.8, 4) is 5.75 Å². The molecule has 0 bridgehead atoms. The molecular weight excluding hydrogens is 268 g/mol. The number of pyridine rings is 1. The van der Waals surface area contributed by atoms with E-state index in [1.165, 1.54) is 30.2 Å². The van der Waals surface area contributed by atoms with Crippen LogP contribution in [-0.4, -0.2) is 26.7 Å². The molecule has 2 aromatic rings. The molecule has 6 heteroatoms. The van der Waals surface area contributed by atoms with Gasteiger partial charge in [-0.05, 0) is 19.1 Å². The van der Waals surface area contributed by atoms with Crippen LogP contribution in [0.2, 0.25) is 0 Å². The Morgan fingerprint density at radius 2 is 2.39 bits per heavy atom. The molecule has 0 unspecified atom stereocenters. The zero-order valence-electron chi connectivity index (χ0n) is 10.0. The molecule has 1 aliphatic rings. The van der Waals surface area contributed by atoms with Gasteiger partial charge in [0.2, 0.25) is 0 Å². The number of hydrogen-bond acceptors (Lipinski definition) is 5. The van der Waals surface area contributed by atoms with E-state index in [0.717, 1.165) is 15.5 Å². The molecule has 0 saturated heterocycles. The second kappa shape index (κ2) is 4.59. The summed E-state index contributed by atoms with van der Waals surface area (Å²) in [5.74, 6) is 1.49. The summed E-state index contributed by atoms with van der Waals surface area (Å²) in [5.41, 5.74) is 0.489. The van der Waals surface area contributed by atoms with Crippen molar-refractivity contribution in [1.82, 2.24) is 9.55 Å². The lowest BCUT2D eigenvalue weighted by atomic mass is 10.4. The predicted octanol–water partition coefficient (Wildman–Crippen LogP) is 2.40. The van der Waals surface area contributed by atoms with E-state index in [9.17, 15) is 9.90 Å². The maximum absolute atomic E-state index is 11.9. The number of aromatic hydroxyl groups is 1. The third kappa shape index (κ3) is 2.03. The second-order valence-corrected chi connectivity index (χ2v) is 6.51. The minimum absolute atomic E-state index is 0.0693. The monoisotopic (exact) mass is 282 g/mol. The lowest BCUT2D eigenvalue weighted by Gasteiger charge is -2.05. The molecular formula is C12H14N2O2S2. The van der Waals surface area contributed by atoms with Crippen molar-refractivity contribution in [2.24, 2.45) is 0 Å². The second-order valence-electron chi connectivity index (χ2n) is 4.49. The van der Waals surface area contributed by atoms with Crippen LogP contribution >= 0.6 is 23.1 Å². The highest BCUT2D eigenvalue weighted by Gasteiger charge is 2.28. The Kier molecular flexibility index (Phi) is 3.07. The molecule has 0 aliphatic heterocycles. The SMILES string of the molecule is CSCCn1c(=O)cc(O)c2sc(C3CC3)nc21. The van der Waals surface area contributed by atoms with E-state index in [1.54, 1.807) is 16.3 Å². The maximum Gasteiger partial charge on any atom is 0.255 e. The van der Waals surface area contributed by atoms with Crippen molar-refractivity contribution in [2.45, 2.75) is 25.3 Å². The normalized spacial score (nSPS) is 15.4. The molecule has 3 rings (SSSR count). The Morgan fingerprint density at radius 1 is 1.61 bits per heavy atom. The van der Waals surface area contributed by atoms with E-state index in [2.05, 4.69) is 4.98 Å². The van der Waals surface area contributed by atoms with Gasteiger partial charge in [-0.3, -0.25) is 9.36 Å². The van der Waals surface area contributed by atoms with Gasteiger partial charge in [0, 0.05) is 24.3 Å². The lowest BCUT2D eigenvalue weighted by Crippen LogP contribution is -2.20. The van der Waals surface area contributed by atoms with Crippen LogP contribution in [0.5, 0.6) is 5.75 Å². The van der Waals surface area contributed by atoms with E-state index in [-0.39, 0.29) is 11.3 Å². The number of hydrogen-bond donors (Lipinski definition) is 1. The third-order valence-corrected chi connectivity index (χ3v) is 4.91. The van der Waals surface area contributed by atoms with Gasteiger partial charge in [0.1, 0.15) is 10.4 Å². The molecule has 18 heavy (non-hydrogen) atoms. The minimum Gasteiger partial charge on any atom is -0.506 e. The standard InChI is InChI=1S/C12H14N2O2S2/c1-17-5-4-14-9(16)6-8(15)10-11(14)13-12(18-10)7-2-3-7/h6-7,15H,2-5H2,1H3. The number of thioether (sulfide) groups is 1. The summed E-state index contributed by atoms with van der Waals surface area (Å²) in [4.78, 5) is 16.5. The fraction of sp³-hybridized carbons (Fsp3) is 0.500. The molecule has 96 valence electrons. The van der Waals surface area contributed by atoms with Crippen LogP contribution in [0.25, 0.3) is 10.3 Å². The van der Waals surface area contributed by atoms with Crippen molar-refractivity contribution in [1.29, 1.82) is 0 Å². The van der Waals surface area contributed by atoms with Gasteiger partial charge in [-0.1, -0.05) is 0 Å². The number of thiazole rings is 1. The smallest absolute Gasteiger partial charge is 0.255 e. The van der Waals surface area contributed by atoms with E-state index < -0.39 is 0 Å². The zero-order valence-corrected chi connectivity index (χ0v) is 11.7. The Labute approximate surface area is 113 Å². The van der Waals surface area contributed by atoms with Crippen molar-refractivity contribution >= 4 is 33.4 Å². The molecule has 0 amide bonds. The number of aryl methyl sites for hydroxylation is 1. The van der Waals surface area contributed by atoms with Crippen LogP contribution in [0.15, 0.2) is 10.9 Å². The number of fused-ring (bicyclic) bond motifs is 1. The highest BCUT2D eigenvalue weighted by molar-refractivity contribution is 7.98. The number of nitrogens with zero attached hydrogens (tertiary/aromatic N) is 2. The van der Waals surface area contributed by atoms with Crippen molar-refractivity contribution in [3.63, 3.8) is 0 Å². The summed E-state index contributed by atoms with van der Waals surface area (Å²) >= 11 is 3.22. The molecule has 2 aromatic heterocycles. The average Bonchev–Trinajstić information content (AvgIpc) is 3.09. The molecule has 1 aliphatic carbocycles. The predicted molar refractivity (Wildman–Crippen MR) is 75.9 cm³/mol. The van der Waals surface area contributed by atoms with Gasteiger partial charge in [-0.2, -0.15) is 11.8 Å². The lowest BCUT2D eigenvalue weighted by molar-refractivity contribution is 0.480. The van der Waals surface area contributed by atoms with Gasteiger partial charge in [0.25, 0.3) is 5.56 Å². The molecule has 1 saturated carbocycles. The first kappa shape index (κ1) is 12.0. The topological polar surface area (TPSA) is 55.1 Å². The molecule has 2 heterocycles. The first-order valence-electron chi connectivity index (χ1n) is 5.93. The van der Waals surface area contributed by atoms with Gasteiger partial charge in [0.15, 0.2) is 5.65 Å². The maximum atomic E-state index is 11.9. The minimum atomic E-state index is -0.165. The van der Waals surface area contributed by atoms with E-state index in [1.807, 2.05) is 6.26 Å². The molecule has 0 radical (unpaired) electrons.